The summed E-state index contributed by atoms with van der Waals surface area (Å²) in [6.07, 6.45) is 0.935. The molecule has 0 aliphatic carbocycles. The van der Waals surface area contributed by atoms with Crippen LogP contribution in [0.15, 0.2) is 22.6 Å². The second-order valence-electron chi connectivity index (χ2n) is 5.19. The fourth-order valence-corrected chi connectivity index (χ4v) is 3.42. The highest BCUT2D eigenvalue weighted by atomic mass is 79.9. The Bertz CT molecular complexity index is 569. The van der Waals surface area contributed by atoms with E-state index in [2.05, 4.69) is 68.7 Å². The van der Waals surface area contributed by atoms with Gasteiger partial charge in [-0.15, -0.1) is 0 Å². The number of aryl methyl sites for hydroxylation is 3. The summed E-state index contributed by atoms with van der Waals surface area (Å²) in [5, 5.41) is 0. The van der Waals surface area contributed by atoms with Gasteiger partial charge in [0.2, 0.25) is 0 Å². The molecule has 1 heterocycles. The topological polar surface area (TPSA) is 13.1 Å². The molecule has 2 aromatic rings. The maximum absolute atomic E-state index is 5.89. The predicted octanol–water partition coefficient (Wildman–Crippen LogP) is 5.56. The highest BCUT2D eigenvalue weighted by Gasteiger charge is 2.20. The monoisotopic (exact) mass is 320 g/mol. The molecule has 0 radical (unpaired) electrons. The maximum Gasteiger partial charge on any atom is 0.122 e. The van der Waals surface area contributed by atoms with E-state index in [4.69, 9.17) is 4.42 Å². The molecular formula is C17H21BrO. The third-order valence-corrected chi connectivity index (χ3v) is 4.87. The minimum Gasteiger partial charge on any atom is -0.465 e. The molecule has 0 saturated carbocycles. The summed E-state index contributed by atoms with van der Waals surface area (Å²) < 4.78 is 5.89. The molecular weight excluding hydrogens is 300 g/mol. The lowest BCUT2D eigenvalue weighted by molar-refractivity contribution is 0.476. The van der Waals surface area contributed by atoms with Crippen molar-refractivity contribution in [1.29, 1.82) is 0 Å². The molecule has 0 fully saturated rings. The van der Waals surface area contributed by atoms with Crippen molar-refractivity contribution in [3.8, 4) is 0 Å². The first-order chi connectivity index (χ1) is 8.95. The van der Waals surface area contributed by atoms with Gasteiger partial charge in [0, 0.05) is 6.42 Å². The summed E-state index contributed by atoms with van der Waals surface area (Å²) in [4.78, 5) is 0.131. The van der Waals surface area contributed by atoms with Crippen LogP contribution in [0.1, 0.15) is 51.1 Å². The van der Waals surface area contributed by atoms with Gasteiger partial charge < -0.3 is 4.42 Å². The van der Waals surface area contributed by atoms with Crippen molar-refractivity contribution in [1.82, 2.24) is 0 Å². The average molecular weight is 321 g/mol. The van der Waals surface area contributed by atoms with Gasteiger partial charge in [0.25, 0.3) is 0 Å². The van der Waals surface area contributed by atoms with E-state index in [0.717, 1.165) is 17.9 Å². The first-order valence-corrected chi connectivity index (χ1v) is 7.67. The first kappa shape index (κ1) is 14.4. The summed E-state index contributed by atoms with van der Waals surface area (Å²) in [5.41, 5.74) is 6.71. The number of benzene rings is 1. The third-order valence-electron chi connectivity index (χ3n) is 3.96. The highest BCUT2D eigenvalue weighted by Crippen LogP contribution is 2.38. The number of rotatable bonds is 3. The highest BCUT2D eigenvalue weighted by molar-refractivity contribution is 9.09. The Labute approximate surface area is 124 Å². The van der Waals surface area contributed by atoms with Gasteiger partial charge in [0.05, 0.1) is 4.83 Å². The fourth-order valence-electron chi connectivity index (χ4n) is 2.49. The zero-order chi connectivity index (χ0) is 14.2. The number of alkyl halides is 1. The van der Waals surface area contributed by atoms with Crippen LogP contribution in [0, 0.1) is 27.7 Å². The summed E-state index contributed by atoms with van der Waals surface area (Å²) >= 11 is 3.81. The molecule has 102 valence electrons. The van der Waals surface area contributed by atoms with E-state index in [1.807, 2.05) is 0 Å². The van der Waals surface area contributed by atoms with Crippen molar-refractivity contribution in [2.24, 2.45) is 0 Å². The molecule has 0 bridgehead atoms. The van der Waals surface area contributed by atoms with Crippen molar-refractivity contribution in [3.63, 3.8) is 0 Å². The maximum atomic E-state index is 5.89. The molecule has 2 heteroatoms. The molecule has 1 aromatic heterocycles. The van der Waals surface area contributed by atoms with Gasteiger partial charge in [0.15, 0.2) is 0 Å². The van der Waals surface area contributed by atoms with E-state index in [0.29, 0.717) is 0 Å². The van der Waals surface area contributed by atoms with Crippen molar-refractivity contribution in [3.05, 3.63) is 57.5 Å². The van der Waals surface area contributed by atoms with E-state index in [1.54, 1.807) is 0 Å². The Morgan fingerprint density at radius 3 is 2.11 bits per heavy atom. The van der Waals surface area contributed by atoms with Crippen LogP contribution in [0.4, 0.5) is 0 Å². The Hall–Kier alpha value is -1.02. The quantitative estimate of drug-likeness (QED) is 0.675. The van der Waals surface area contributed by atoms with Crippen molar-refractivity contribution in [2.45, 2.75) is 45.9 Å². The summed E-state index contributed by atoms with van der Waals surface area (Å²) in [7, 11) is 0. The first-order valence-electron chi connectivity index (χ1n) is 6.75. The van der Waals surface area contributed by atoms with Crippen LogP contribution in [0.2, 0.25) is 0 Å². The molecule has 1 aromatic carbocycles. The summed E-state index contributed by atoms with van der Waals surface area (Å²) in [6.45, 7) is 10.8. The van der Waals surface area contributed by atoms with Crippen molar-refractivity contribution < 1.29 is 4.42 Å². The van der Waals surface area contributed by atoms with Gasteiger partial charge in [-0.3, -0.25) is 0 Å². The lowest BCUT2D eigenvalue weighted by atomic mass is 9.92. The van der Waals surface area contributed by atoms with Crippen LogP contribution in [0.3, 0.4) is 0 Å². The normalized spacial score (nSPS) is 12.7. The molecule has 2 rings (SSSR count). The van der Waals surface area contributed by atoms with Gasteiger partial charge in [0.1, 0.15) is 11.5 Å². The van der Waals surface area contributed by atoms with Gasteiger partial charge in [-0.25, -0.2) is 0 Å². The van der Waals surface area contributed by atoms with Gasteiger partial charge in [-0.1, -0.05) is 28.9 Å². The second kappa shape index (κ2) is 5.54. The standard InChI is InChI=1S/C17H21BrO/c1-6-14-7-8-15(19-14)17(18)16-12(4)10(2)9-11(3)13(16)5/h7-9,17H,6H2,1-5H3. The van der Waals surface area contributed by atoms with E-state index in [-0.39, 0.29) is 4.83 Å². The van der Waals surface area contributed by atoms with E-state index < -0.39 is 0 Å². The number of hydrogen-bond donors (Lipinski definition) is 0. The van der Waals surface area contributed by atoms with Crippen LogP contribution in [0.25, 0.3) is 0 Å². The Balaban J connectivity index is 2.52. The Morgan fingerprint density at radius 2 is 1.63 bits per heavy atom. The molecule has 19 heavy (non-hydrogen) atoms. The fraction of sp³-hybridized carbons (Fsp3) is 0.412. The Kier molecular flexibility index (Phi) is 4.19. The summed E-state index contributed by atoms with van der Waals surface area (Å²) in [5.74, 6) is 2.03. The molecule has 0 saturated heterocycles. The van der Waals surface area contributed by atoms with Crippen molar-refractivity contribution in [2.75, 3.05) is 0 Å². The molecule has 0 spiro atoms. The smallest absolute Gasteiger partial charge is 0.122 e. The van der Waals surface area contributed by atoms with Crippen LogP contribution >= 0.6 is 15.9 Å². The average Bonchev–Trinajstić information content (AvgIpc) is 2.85. The van der Waals surface area contributed by atoms with Crippen LogP contribution < -0.4 is 0 Å². The van der Waals surface area contributed by atoms with Crippen LogP contribution in [0.5, 0.6) is 0 Å². The zero-order valence-corrected chi connectivity index (χ0v) is 13.9. The van der Waals surface area contributed by atoms with Crippen LogP contribution in [-0.2, 0) is 6.42 Å². The second-order valence-corrected chi connectivity index (χ2v) is 6.11. The van der Waals surface area contributed by atoms with Gasteiger partial charge in [-0.2, -0.15) is 0 Å². The van der Waals surface area contributed by atoms with E-state index in [1.165, 1.54) is 27.8 Å². The third kappa shape index (κ3) is 2.64. The minimum absolute atomic E-state index is 0.131. The Morgan fingerprint density at radius 1 is 1.05 bits per heavy atom. The number of halogens is 1. The van der Waals surface area contributed by atoms with E-state index in [9.17, 15) is 0 Å². The number of furan rings is 1. The lowest BCUT2D eigenvalue weighted by Crippen LogP contribution is -2.02. The lowest BCUT2D eigenvalue weighted by Gasteiger charge is -2.18. The van der Waals surface area contributed by atoms with Crippen molar-refractivity contribution >= 4 is 15.9 Å². The predicted molar refractivity (Wildman–Crippen MR) is 84.2 cm³/mol. The molecule has 1 nitrogen and oxygen atoms in total. The van der Waals surface area contributed by atoms with Gasteiger partial charge in [-0.05, 0) is 67.6 Å². The zero-order valence-electron chi connectivity index (χ0n) is 12.3. The SMILES string of the molecule is CCc1ccc(C(Br)c2c(C)c(C)cc(C)c2C)o1. The molecule has 0 aliphatic heterocycles. The molecule has 0 amide bonds. The largest absolute Gasteiger partial charge is 0.465 e. The molecule has 1 atom stereocenters. The van der Waals surface area contributed by atoms with Crippen LogP contribution in [-0.4, -0.2) is 0 Å². The van der Waals surface area contributed by atoms with Gasteiger partial charge >= 0.3 is 0 Å². The molecule has 1 unspecified atom stereocenters. The number of hydrogen-bond acceptors (Lipinski definition) is 1. The molecule has 0 aliphatic rings. The molecule has 0 N–H and O–H groups in total. The minimum atomic E-state index is 0.131. The summed E-state index contributed by atoms with van der Waals surface area (Å²) in [6, 6.07) is 6.40. The van der Waals surface area contributed by atoms with E-state index >= 15 is 0 Å².